The molecule has 0 saturated heterocycles. The Hall–Kier alpha value is -1.62. The zero-order valence-corrected chi connectivity index (χ0v) is 8.17. The van der Waals surface area contributed by atoms with Gasteiger partial charge in [0.25, 0.3) is 0 Å². The highest BCUT2D eigenvalue weighted by molar-refractivity contribution is 5.98. The van der Waals surface area contributed by atoms with Crippen LogP contribution in [0.1, 0.15) is 10.4 Å². The molecule has 0 unspecified atom stereocenters. The SMILES string of the molecule is CNCC(=O)c1cc2c(cc1F)OCO2. The summed E-state index contributed by atoms with van der Waals surface area (Å²) in [6.07, 6.45) is 0. The molecule has 15 heavy (non-hydrogen) atoms. The number of carbonyl (C=O) groups excluding carboxylic acids is 1. The fourth-order valence-electron chi connectivity index (χ4n) is 1.39. The Morgan fingerprint density at radius 3 is 2.80 bits per heavy atom. The Labute approximate surface area is 86.0 Å². The van der Waals surface area contributed by atoms with Gasteiger partial charge < -0.3 is 14.8 Å². The quantitative estimate of drug-likeness (QED) is 0.756. The van der Waals surface area contributed by atoms with Gasteiger partial charge in [0.2, 0.25) is 6.79 Å². The molecule has 0 radical (unpaired) electrons. The van der Waals surface area contributed by atoms with E-state index in [1.807, 2.05) is 0 Å². The predicted octanol–water partition coefficient (Wildman–Crippen LogP) is 0.957. The van der Waals surface area contributed by atoms with E-state index in [4.69, 9.17) is 9.47 Å². The third-order valence-electron chi connectivity index (χ3n) is 2.10. The maximum Gasteiger partial charge on any atom is 0.231 e. The second-order valence-electron chi connectivity index (χ2n) is 3.14. The lowest BCUT2D eigenvalue weighted by molar-refractivity contribution is 0.0989. The molecule has 1 aromatic carbocycles. The van der Waals surface area contributed by atoms with Crippen molar-refractivity contribution in [3.05, 3.63) is 23.5 Å². The van der Waals surface area contributed by atoms with Crippen LogP contribution in [0.25, 0.3) is 0 Å². The van der Waals surface area contributed by atoms with E-state index in [9.17, 15) is 9.18 Å². The number of nitrogens with one attached hydrogen (secondary N) is 1. The van der Waals surface area contributed by atoms with Crippen LogP contribution in [-0.4, -0.2) is 26.2 Å². The fraction of sp³-hybridized carbons (Fsp3) is 0.300. The Kier molecular flexibility index (Phi) is 2.55. The molecule has 1 aliphatic rings. The number of hydrogen-bond donors (Lipinski definition) is 1. The van der Waals surface area contributed by atoms with E-state index in [1.54, 1.807) is 7.05 Å². The van der Waals surface area contributed by atoms with Gasteiger partial charge in [0.05, 0.1) is 12.1 Å². The molecule has 2 rings (SSSR count). The maximum absolute atomic E-state index is 13.4. The van der Waals surface area contributed by atoms with Gasteiger partial charge in [0.15, 0.2) is 17.3 Å². The van der Waals surface area contributed by atoms with Crippen molar-refractivity contribution in [3.63, 3.8) is 0 Å². The molecule has 0 aliphatic carbocycles. The first kappa shape index (κ1) is 9.92. The van der Waals surface area contributed by atoms with Crippen LogP contribution in [-0.2, 0) is 0 Å². The zero-order chi connectivity index (χ0) is 10.8. The number of Topliss-reactive ketones (excluding diaryl/α,β-unsaturated/α-hetero) is 1. The lowest BCUT2D eigenvalue weighted by Crippen LogP contribution is -2.19. The van der Waals surface area contributed by atoms with Crippen LogP contribution in [0, 0.1) is 5.82 Å². The van der Waals surface area contributed by atoms with E-state index in [0.29, 0.717) is 11.5 Å². The molecule has 5 heteroatoms. The molecule has 0 aromatic heterocycles. The van der Waals surface area contributed by atoms with Gasteiger partial charge >= 0.3 is 0 Å². The minimum atomic E-state index is -0.584. The average Bonchev–Trinajstić information content (AvgIpc) is 2.63. The van der Waals surface area contributed by atoms with Crippen LogP contribution in [0.4, 0.5) is 4.39 Å². The summed E-state index contributed by atoms with van der Waals surface area (Å²) in [5.74, 6) is -0.142. The van der Waals surface area contributed by atoms with E-state index in [1.165, 1.54) is 12.1 Å². The fourth-order valence-corrected chi connectivity index (χ4v) is 1.39. The van der Waals surface area contributed by atoms with E-state index in [-0.39, 0.29) is 24.7 Å². The zero-order valence-electron chi connectivity index (χ0n) is 8.17. The van der Waals surface area contributed by atoms with Crippen molar-refractivity contribution >= 4 is 5.78 Å². The van der Waals surface area contributed by atoms with E-state index < -0.39 is 5.82 Å². The molecule has 80 valence electrons. The molecule has 1 aliphatic heterocycles. The van der Waals surface area contributed by atoms with Gasteiger partial charge in [-0.25, -0.2) is 4.39 Å². The predicted molar refractivity (Wildman–Crippen MR) is 50.8 cm³/mol. The maximum atomic E-state index is 13.4. The molecule has 0 bridgehead atoms. The van der Waals surface area contributed by atoms with Crippen LogP contribution in [0.3, 0.4) is 0 Å². The Morgan fingerprint density at radius 2 is 2.13 bits per heavy atom. The molecule has 0 atom stereocenters. The summed E-state index contributed by atoms with van der Waals surface area (Å²) >= 11 is 0. The van der Waals surface area contributed by atoms with Crippen molar-refractivity contribution < 1.29 is 18.7 Å². The first-order chi connectivity index (χ1) is 7.22. The number of rotatable bonds is 3. The van der Waals surface area contributed by atoms with E-state index in [0.717, 1.165) is 0 Å². The summed E-state index contributed by atoms with van der Waals surface area (Å²) in [5.41, 5.74) is 0.0219. The van der Waals surface area contributed by atoms with Gasteiger partial charge in [-0.15, -0.1) is 0 Å². The second-order valence-corrected chi connectivity index (χ2v) is 3.14. The standard InChI is InChI=1S/C10H10FNO3/c1-12-4-8(13)6-2-9-10(3-7(6)11)15-5-14-9/h2-3,12H,4-5H2,1H3. The number of likely N-dealkylation sites (N-methyl/N-ethyl adjacent to an activating group) is 1. The molecule has 1 heterocycles. The lowest BCUT2D eigenvalue weighted by Gasteiger charge is -2.03. The number of halogens is 1. The minimum absolute atomic E-state index is 0.0219. The largest absolute Gasteiger partial charge is 0.454 e. The van der Waals surface area contributed by atoms with Crippen molar-refractivity contribution in [1.29, 1.82) is 0 Å². The van der Waals surface area contributed by atoms with Crippen LogP contribution in [0.5, 0.6) is 11.5 Å². The van der Waals surface area contributed by atoms with Gasteiger partial charge in [0, 0.05) is 6.07 Å². The van der Waals surface area contributed by atoms with Gasteiger partial charge in [0.1, 0.15) is 5.82 Å². The third kappa shape index (κ3) is 1.78. The number of benzene rings is 1. The van der Waals surface area contributed by atoms with E-state index in [2.05, 4.69) is 5.32 Å². The molecule has 1 N–H and O–H groups in total. The smallest absolute Gasteiger partial charge is 0.231 e. The van der Waals surface area contributed by atoms with Crippen molar-refractivity contribution in [3.8, 4) is 11.5 Å². The topological polar surface area (TPSA) is 47.6 Å². The first-order valence-electron chi connectivity index (χ1n) is 4.49. The van der Waals surface area contributed by atoms with Crippen molar-refractivity contribution in [2.45, 2.75) is 0 Å². The third-order valence-corrected chi connectivity index (χ3v) is 2.10. The number of hydrogen-bond acceptors (Lipinski definition) is 4. The van der Waals surface area contributed by atoms with Crippen LogP contribution < -0.4 is 14.8 Å². The molecule has 0 amide bonds. The normalized spacial score (nSPS) is 12.9. The summed E-state index contributed by atoms with van der Waals surface area (Å²) in [6.45, 7) is 0.162. The number of ether oxygens (including phenoxy) is 2. The van der Waals surface area contributed by atoms with Gasteiger partial charge in [-0.1, -0.05) is 0 Å². The van der Waals surface area contributed by atoms with E-state index >= 15 is 0 Å². The molecule has 4 nitrogen and oxygen atoms in total. The minimum Gasteiger partial charge on any atom is -0.454 e. The van der Waals surface area contributed by atoms with Crippen LogP contribution in [0.15, 0.2) is 12.1 Å². The number of carbonyl (C=O) groups is 1. The van der Waals surface area contributed by atoms with Crippen LogP contribution in [0.2, 0.25) is 0 Å². The highest BCUT2D eigenvalue weighted by Crippen LogP contribution is 2.34. The monoisotopic (exact) mass is 211 g/mol. The summed E-state index contributed by atoms with van der Waals surface area (Å²) in [4.78, 5) is 11.5. The molecular formula is C10H10FNO3. The second kappa shape index (κ2) is 3.86. The molecule has 0 fully saturated rings. The van der Waals surface area contributed by atoms with Crippen molar-refractivity contribution in [2.75, 3.05) is 20.4 Å². The Morgan fingerprint density at radius 1 is 1.47 bits per heavy atom. The lowest BCUT2D eigenvalue weighted by atomic mass is 10.1. The molecule has 0 saturated carbocycles. The van der Waals surface area contributed by atoms with Gasteiger partial charge in [-0.3, -0.25) is 4.79 Å². The number of fused-ring (bicyclic) bond motifs is 1. The molecular weight excluding hydrogens is 201 g/mol. The van der Waals surface area contributed by atoms with Gasteiger partial charge in [-0.05, 0) is 13.1 Å². The molecule has 0 spiro atoms. The van der Waals surface area contributed by atoms with Crippen molar-refractivity contribution in [2.24, 2.45) is 0 Å². The van der Waals surface area contributed by atoms with Gasteiger partial charge in [-0.2, -0.15) is 0 Å². The molecule has 1 aromatic rings. The average molecular weight is 211 g/mol. The highest BCUT2D eigenvalue weighted by Gasteiger charge is 2.20. The first-order valence-corrected chi connectivity index (χ1v) is 4.49. The summed E-state index contributed by atoms with van der Waals surface area (Å²) in [6, 6.07) is 2.54. The Balaban J connectivity index is 2.36. The number of ketones is 1. The Bertz CT molecular complexity index is 406. The summed E-state index contributed by atoms with van der Waals surface area (Å²) in [7, 11) is 1.63. The summed E-state index contributed by atoms with van der Waals surface area (Å²) < 4.78 is 23.5. The van der Waals surface area contributed by atoms with Crippen LogP contribution >= 0.6 is 0 Å². The van der Waals surface area contributed by atoms with Crippen molar-refractivity contribution in [1.82, 2.24) is 5.32 Å². The summed E-state index contributed by atoms with van der Waals surface area (Å²) in [5, 5.41) is 2.67. The highest BCUT2D eigenvalue weighted by atomic mass is 19.1.